The molecule has 0 unspecified atom stereocenters. The van der Waals surface area contributed by atoms with Crippen molar-refractivity contribution in [3.8, 4) is 0 Å². The molecule has 68 valence electrons. The summed E-state index contributed by atoms with van der Waals surface area (Å²) in [7, 11) is 1.00. The number of hydrogen-bond donors (Lipinski definition) is 1. The number of hydrogen-bond acceptors (Lipinski definition) is 1. The number of aliphatic hydroxyl groups is 1. The van der Waals surface area contributed by atoms with Crippen molar-refractivity contribution < 1.29 is 5.11 Å². The third-order valence-corrected chi connectivity index (χ3v) is 1.04. The topological polar surface area (TPSA) is 20.2 Å². The standard InChI is InChI=1S/C8H8.C2H6.CH4O/c1-2-8-6-4-3-5-7-8;2*1-2/h2-7H,1H2;1-2H3;2H,1H3. The fourth-order valence-corrected chi connectivity index (χ4v) is 0.589. The Kier molecular flexibility index (Phi) is 14.2. The first-order chi connectivity index (χ1) is 5.93. The summed E-state index contributed by atoms with van der Waals surface area (Å²) in [6.07, 6.45) is 1.83. The zero-order valence-corrected chi connectivity index (χ0v) is 8.12. The molecular formula is C11H18O. The summed E-state index contributed by atoms with van der Waals surface area (Å²) in [5, 5.41) is 7.00. The normalized spacial score (nSPS) is 6.67. The number of aliphatic hydroxyl groups excluding tert-OH is 1. The van der Waals surface area contributed by atoms with Crippen molar-refractivity contribution >= 4 is 6.08 Å². The molecule has 1 aromatic carbocycles. The minimum Gasteiger partial charge on any atom is -0.400 e. The Bertz CT molecular complexity index is 168. The molecule has 0 radical (unpaired) electrons. The Labute approximate surface area is 75.4 Å². The Balaban J connectivity index is 0. The predicted molar refractivity (Wildman–Crippen MR) is 56.0 cm³/mol. The zero-order valence-electron chi connectivity index (χ0n) is 8.12. The summed E-state index contributed by atoms with van der Waals surface area (Å²) < 4.78 is 0. The van der Waals surface area contributed by atoms with Crippen molar-refractivity contribution in [3.63, 3.8) is 0 Å². The molecule has 0 aliphatic carbocycles. The maximum atomic E-state index is 7.00. The number of rotatable bonds is 1. The van der Waals surface area contributed by atoms with Crippen molar-refractivity contribution in [1.82, 2.24) is 0 Å². The largest absolute Gasteiger partial charge is 0.400 e. The van der Waals surface area contributed by atoms with Gasteiger partial charge in [-0.2, -0.15) is 0 Å². The van der Waals surface area contributed by atoms with Gasteiger partial charge in [-0.25, -0.2) is 0 Å². The lowest BCUT2D eigenvalue weighted by molar-refractivity contribution is 0.399. The minimum atomic E-state index is 1.00. The number of benzene rings is 1. The smallest absolute Gasteiger partial charge is 0.0319 e. The van der Waals surface area contributed by atoms with Crippen LogP contribution in [0, 0.1) is 0 Å². The van der Waals surface area contributed by atoms with Crippen LogP contribution < -0.4 is 0 Å². The van der Waals surface area contributed by atoms with E-state index < -0.39 is 0 Å². The van der Waals surface area contributed by atoms with Gasteiger partial charge >= 0.3 is 0 Å². The van der Waals surface area contributed by atoms with Crippen LogP contribution in [0.3, 0.4) is 0 Å². The van der Waals surface area contributed by atoms with E-state index >= 15 is 0 Å². The average Bonchev–Trinajstić information content (AvgIpc) is 2.25. The van der Waals surface area contributed by atoms with E-state index in [1.165, 1.54) is 5.56 Å². The lowest BCUT2D eigenvalue weighted by Crippen LogP contribution is -1.63. The molecular weight excluding hydrogens is 148 g/mol. The molecule has 0 heterocycles. The molecule has 0 atom stereocenters. The Morgan fingerprint density at radius 1 is 1.08 bits per heavy atom. The van der Waals surface area contributed by atoms with Gasteiger partial charge in [-0.05, 0) is 5.56 Å². The third-order valence-electron chi connectivity index (χ3n) is 1.04. The third kappa shape index (κ3) is 7.03. The second-order valence-corrected chi connectivity index (χ2v) is 1.61. The van der Waals surface area contributed by atoms with Crippen LogP contribution in [0.25, 0.3) is 6.08 Å². The van der Waals surface area contributed by atoms with Crippen LogP contribution in [0.2, 0.25) is 0 Å². The zero-order chi connectivity index (χ0) is 9.82. The lowest BCUT2D eigenvalue weighted by Gasteiger charge is -1.85. The maximum absolute atomic E-state index is 7.00. The second-order valence-electron chi connectivity index (χ2n) is 1.61. The predicted octanol–water partition coefficient (Wildman–Crippen LogP) is 2.96. The SMILES string of the molecule is C=Cc1ccccc1.CC.CO. The summed E-state index contributed by atoms with van der Waals surface area (Å²) in [5.74, 6) is 0. The van der Waals surface area contributed by atoms with Gasteiger partial charge in [0, 0.05) is 7.11 Å². The van der Waals surface area contributed by atoms with Crippen molar-refractivity contribution in [3.05, 3.63) is 42.5 Å². The van der Waals surface area contributed by atoms with E-state index in [0.29, 0.717) is 0 Å². The van der Waals surface area contributed by atoms with Gasteiger partial charge in [0.2, 0.25) is 0 Å². The molecule has 0 bridgehead atoms. The van der Waals surface area contributed by atoms with Crippen LogP contribution in [0.1, 0.15) is 19.4 Å². The minimum absolute atomic E-state index is 1.00. The van der Waals surface area contributed by atoms with Crippen LogP contribution in [-0.2, 0) is 0 Å². The Hall–Kier alpha value is -1.08. The molecule has 0 fully saturated rings. The molecule has 0 aromatic heterocycles. The van der Waals surface area contributed by atoms with Gasteiger partial charge in [0.15, 0.2) is 0 Å². The van der Waals surface area contributed by atoms with E-state index in [4.69, 9.17) is 5.11 Å². The molecule has 1 aromatic rings. The van der Waals surface area contributed by atoms with Crippen molar-refractivity contribution in [2.24, 2.45) is 0 Å². The summed E-state index contributed by atoms with van der Waals surface area (Å²) in [6.45, 7) is 7.63. The molecule has 0 amide bonds. The highest BCUT2D eigenvalue weighted by Gasteiger charge is 1.75. The van der Waals surface area contributed by atoms with Gasteiger partial charge < -0.3 is 5.11 Å². The summed E-state index contributed by atoms with van der Waals surface area (Å²) >= 11 is 0. The van der Waals surface area contributed by atoms with Crippen LogP contribution in [0.15, 0.2) is 36.9 Å². The van der Waals surface area contributed by atoms with E-state index in [1.807, 2.05) is 50.3 Å². The summed E-state index contributed by atoms with van der Waals surface area (Å²) in [6, 6.07) is 10.0. The van der Waals surface area contributed by atoms with Crippen molar-refractivity contribution in [1.29, 1.82) is 0 Å². The molecule has 12 heavy (non-hydrogen) atoms. The van der Waals surface area contributed by atoms with E-state index in [-0.39, 0.29) is 0 Å². The quantitative estimate of drug-likeness (QED) is 0.680. The van der Waals surface area contributed by atoms with E-state index in [0.717, 1.165) is 7.11 Å². The fraction of sp³-hybridized carbons (Fsp3) is 0.273. The first-order valence-corrected chi connectivity index (χ1v) is 4.05. The Morgan fingerprint density at radius 2 is 1.50 bits per heavy atom. The van der Waals surface area contributed by atoms with Crippen LogP contribution in [-0.4, -0.2) is 12.2 Å². The Morgan fingerprint density at radius 3 is 1.75 bits per heavy atom. The van der Waals surface area contributed by atoms with Crippen LogP contribution >= 0.6 is 0 Å². The van der Waals surface area contributed by atoms with Crippen LogP contribution in [0.5, 0.6) is 0 Å². The second kappa shape index (κ2) is 12.6. The highest BCUT2D eigenvalue weighted by atomic mass is 16.2. The fourth-order valence-electron chi connectivity index (χ4n) is 0.589. The van der Waals surface area contributed by atoms with E-state index in [1.54, 1.807) is 0 Å². The van der Waals surface area contributed by atoms with E-state index in [2.05, 4.69) is 6.58 Å². The summed E-state index contributed by atoms with van der Waals surface area (Å²) in [4.78, 5) is 0. The molecule has 0 saturated heterocycles. The van der Waals surface area contributed by atoms with Gasteiger partial charge in [0.25, 0.3) is 0 Å². The van der Waals surface area contributed by atoms with Gasteiger partial charge in [-0.1, -0.05) is 56.8 Å². The molecule has 1 rings (SSSR count). The molecule has 1 N–H and O–H groups in total. The van der Waals surface area contributed by atoms with Gasteiger partial charge in [0.1, 0.15) is 0 Å². The van der Waals surface area contributed by atoms with Crippen molar-refractivity contribution in [2.45, 2.75) is 13.8 Å². The first kappa shape index (κ1) is 13.5. The molecule has 0 saturated carbocycles. The van der Waals surface area contributed by atoms with Gasteiger partial charge in [-0.15, -0.1) is 0 Å². The molecule has 0 spiro atoms. The molecule has 0 aliphatic rings. The highest BCUT2D eigenvalue weighted by Crippen LogP contribution is 1.97. The van der Waals surface area contributed by atoms with Crippen LogP contribution in [0.4, 0.5) is 0 Å². The average molecular weight is 166 g/mol. The first-order valence-electron chi connectivity index (χ1n) is 4.05. The summed E-state index contributed by atoms with van der Waals surface area (Å²) in [5.41, 5.74) is 1.17. The highest BCUT2D eigenvalue weighted by molar-refractivity contribution is 5.45. The molecule has 1 heteroatoms. The maximum Gasteiger partial charge on any atom is 0.0319 e. The lowest BCUT2D eigenvalue weighted by atomic mass is 10.2. The van der Waals surface area contributed by atoms with Crippen molar-refractivity contribution in [2.75, 3.05) is 7.11 Å². The van der Waals surface area contributed by atoms with Gasteiger partial charge in [0.05, 0.1) is 0 Å². The van der Waals surface area contributed by atoms with E-state index in [9.17, 15) is 0 Å². The monoisotopic (exact) mass is 166 g/mol. The molecule has 0 aliphatic heterocycles. The van der Waals surface area contributed by atoms with Gasteiger partial charge in [-0.3, -0.25) is 0 Å². The molecule has 1 nitrogen and oxygen atoms in total.